The van der Waals surface area contributed by atoms with Crippen LogP contribution in [-0.4, -0.2) is 28.8 Å². The van der Waals surface area contributed by atoms with E-state index in [4.69, 9.17) is 11.6 Å². The standard InChI is InChI=1S/C15H17ClN2/c1-10(2)9-13-14(15(16)18(3)4)11-7-5-6-8-12(11)17-13/h5-9H,1-4H3/p+1. The summed E-state index contributed by atoms with van der Waals surface area (Å²) < 4.78 is 1.93. The molecule has 0 bridgehead atoms. The minimum absolute atomic E-state index is 0.750. The second-order valence-corrected chi connectivity index (χ2v) is 5.22. The van der Waals surface area contributed by atoms with Crippen LogP contribution in [0.4, 0.5) is 0 Å². The molecule has 94 valence electrons. The number of aromatic amines is 1. The van der Waals surface area contributed by atoms with Crippen molar-refractivity contribution >= 4 is 33.8 Å². The maximum atomic E-state index is 6.44. The van der Waals surface area contributed by atoms with Crippen LogP contribution in [0, 0.1) is 0 Å². The fourth-order valence-corrected chi connectivity index (χ4v) is 2.21. The molecule has 0 saturated carbocycles. The van der Waals surface area contributed by atoms with Crippen molar-refractivity contribution in [2.45, 2.75) is 13.8 Å². The Bertz CT molecular complexity index is 640. The third-order valence-electron chi connectivity index (χ3n) is 2.77. The van der Waals surface area contributed by atoms with Gasteiger partial charge in [-0.3, -0.25) is 0 Å². The van der Waals surface area contributed by atoms with Crippen LogP contribution in [0.5, 0.6) is 0 Å². The molecule has 0 atom stereocenters. The molecular weight excluding hydrogens is 244 g/mol. The Morgan fingerprint density at radius 2 is 1.89 bits per heavy atom. The number of halogens is 1. The molecule has 2 rings (SSSR count). The average molecular weight is 262 g/mol. The highest BCUT2D eigenvalue weighted by Gasteiger charge is 2.18. The molecule has 0 spiro atoms. The Labute approximate surface area is 113 Å². The molecule has 0 unspecified atom stereocenters. The highest BCUT2D eigenvalue weighted by molar-refractivity contribution is 6.69. The summed E-state index contributed by atoms with van der Waals surface area (Å²) in [6.45, 7) is 4.16. The summed E-state index contributed by atoms with van der Waals surface area (Å²) in [5, 5.41) is 1.91. The highest BCUT2D eigenvalue weighted by atomic mass is 35.5. The summed E-state index contributed by atoms with van der Waals surface area (Å²) in [5.41, 5.74) is 4.49. The van der Waals surface area contributed by atoms with Crippen molar-refractivity contribution in [3.05, 3.63) is 41.1 Å². The second-order valence-electron chi connectivity index (χ2n) is 4.87. The Morgan fingerprint density at radius 3 is 2.50 bits per heavy atom. The Morgan fingerprint density at radius 1 is 1.22 bits per heavy atom. The molecule has 2 aromatic rings. The van der Waals surface area contributed by atoms with Crippen LogP contribution in [0.3, 0.4) is 0 Å². The lowest BCUT2D eigenvalue weighted by Gasteiger charge is -1.98. The van der Waals surface area contributed by atoms with E-state index in [2.05, 4.69) is 37.0 Å². The second kappa shape index (κ2) is 4.99. The Hall–Kier alpha value is -1.54. The van der Waals surface area contributed by atoms with E-state index in [9.17, 15) is 0 Å². The van der Waals surface area contributed by atoms with E-state index in [-0.39, 0.29) is 0 Å². The summed E-state index contributed by atoms with van der Waals surface area (Å²) in [4.78, 5) is 3.42. The first kappa shape index (κ1) is 12.9. The van der Waals surface area contributed by atoms with Gasteiger partial charge in [0.1, 0.15) is 14.1 Å². The van der Waals surface area contributed by atoms with Crippen molar-refractivity contribution in [1.82, 2.24) is 4.98 Å². The lowest BCUT2D eigenvalue weighted by molar-refractivity contribution is -0.461. The summed E-state index contributed by atoms with van der Waals surface area (Å²) in [5.74, 6) is 0. The number of benzene rings is 1. The average Bonchev–Trinajstić information content (AvgIpc) is 2.64. The van der Waals surface area contributed by atoms with E-state index in [0.29, 0.717) is 0 Å². The fraction of sp³-hybridized carbons (Fsp3) is 0.267. The maximum Gasteiger partial charge on any atom is 0.279 e. The molecule has 18 heavy (non-hydrogen) atoms. The van der Waals surface area contributed by atoms with E-state index in [1.54, 1.807) is 0 Å². The van der Waals surface area contributed by atoms with Crippen LogP contribution in [0.1, 0.15) is 25.1 Å². The van der Waals surface area contributed by atoms with E-state index in [1.807, 2.05) is 30.8 Å². The number of aromatic nitrogens is 1. The Kier molecular flexibility index (Phi) is 3.58. The number of hydrogen-bond acceptors (Lipinski definition) is 0. The molecular formula is C15H18ClN2+. The van der Waals surface area contributed by atoms with Crippen LogP contribution < -0.4 is 0 Å². The predicted octanol–water partition coefficient (Wildman–Crippen LogP) is 3.85. The number of allylic oxidation sites excluding steroid dienone is 1. The maximum absolute atomic E-state index is 6.44. The zero-order valence-corrected chi connectivity index (χ0v) is 12.0. The third kappa shape index (κ3) is 2.34. The Balaban J connectivity index is 2.82. The van der Waals surface area contributed by atoms with Gasteiger partial charge in [0.05, 0.1) is 11.3 Å². The topological polar surface area (TPSA) is 18.8 Å². The van der Waals surface area contributed by atoms with Gasteiger partial charge in [-0.2, -0.15) is 0 Å². The molecule has 0 aliphatic carbocycles. The minimum Gasteiger partial charge on any atom is -0.354 e. The molecule has 2 nitrogen and oxygen atoms in total. The van der Waals surface area contributed by atoms with Gasteiger partial charge in [0.15, 0.2) is 0 Å². The third-order valence-corrected chi connectivity index (χ3v) is 3.29. The molecule has 1 aromatic heterocycles. The number of para-hydroxylation sites is 1. The van der Waals surface area contributed by atoms with Gasteiger partial charge in [0.25, 0.3) is 5.17 Å². The lowest BCUT2D eigenvalue weighted by Crippen LogP contribution is -2.09. The molecule has 0 saturated heterocycles. The summed E-state index contributed by atoms with van der Waals surface area (Å²) in [6.07, 6.45) is 2.13. The first-order valence-electron chi connectivity index (χ1n) is 5.96. The number of rotatable bonds is 2. The van der Waals surface area contributed by atoms with Crippen molar-refractivity contribution in [2.24, 2.45) is 0 Å². The van der Waals surface area contributed by atoms with Crippen molar-refractivity contribution in [3.63, 3.8) is 0 Å². The molecule has 0 aliphatic rings. The number of H-pyrrole nitrogens is 1. The van der Waals surface area contributed by atoms with E-state index in [0.717, 1.165) is 27.3 Å². The van der Waals surface area contributed by atoms with Gasteiger partial charge in [0, 0.05) is 10.9 Å². The predicted molar refractivity (Wildman–Crippen MR) is 79.7 cm³/mol. The van der Waals surface area contributed by atoms with Gasteiger partial charge in [0.2, 0.25) is 0 Å². The van der Waals surface area contributed by atoms with E-state index < -0.39 is 0 Å². The van der Waals surface area contributed by atoms with E-state index in [1.165, 1.54) is 5.57 Å². The quantitative estimate of drug-likeness (QED) is 0.626. The molecule has 0 fully saturated rings. The molecule has 1 heterocycles. The van der Waals surface area contributed by atoms with Crippen molar-refractivity contribution in [2.75, 3.05) is 14.1 Å². The molecule has 0 amide bonds. The van der Waals surface area contributed by atoms with Gasteiger partial charge in [-0.25, -0.2) is 4.58 Å². The number of hydrogen-bond donors (Lipinski definition) is 1. The van der Waals surface area contributed by atoms with Crippen molar-refractivity contribution in [3.8, 4) is 0 Å². The van der Waals surface area contributed by atoms with Gasteiger partial charge in [-0.05, 0) is 37.6 Å². The van der Waals surface area contributed by atoms with E-state index >= 15 is 0 Å². The summed E-state index contributed by atoms with van der Waals surface area (Å²) in [7, 11) is 3.91. The highest BCUT2D eigenvalue weighted by Crippen LogP contribution is 2.25. The SMILES string of the molecule is CC(C)=Cc1[nH]c2ccccc2c1C(Cl)=[N+](C)C. The number of fused-ring (bicyclic) bond motifs is 1. The smallest absolute Gasteiger partial charge is 0.279 e. The normalized spacial score (nSPS) is 10.5. The molecule has 1 aromatic carbocycles. The fourth-order valence-electron chi connectivity index (χ4n) is 2.01. The zero-order valence-electron chi connectivity index (χ0n) is 11.2. The van der Waals surface area contributed by atoms with Crippen molar-refractivity contribution in [1.29, 1.82) is 0 Å². The van der Waals surface area contributed by atoms with Crippen LogP contribution in [-0.2, 0) is 0 Å². The van der Waals surface area contributed by atoms with Crippen LogP contribution in [0.15, 0.2) is 29.8 Å². The molecule has 1 N–H and O–H groups in total. The minimum atomic E-state index is 0.750. The molecule has 3 heteroatoms. The van der Waals surface area contributed by atoms with Gasteiger partial charge < -0.3 is 4.98 Å². The first-order chi connectivity index (χ1) is 8.50. The largest absolute Gasteiger partial charge is 0.354 e. The summed E-state index contributed by atoms with van der Waals surface area (Å²) in [6, 6.07) is 8.22. The number of nitrogens with zero attached hydrogens (tertiary/aromatic N) is 1. The van der Waals surface area contributed by atoms with Gasteiger partial charge in [-0.15, -0.1) is 0 Å². The van der Waals surface area contributed by atoms with Gasteiger partial charge in [-0.1, -0.05) is 23.8 Å². The van der Waals surface area contributed by atoms with Crippen LogP contribution in [0.2, 0.25) is 0 Å². The first-order valence-corrected chi connectivity index (χ1v) is 6.34. The monoisotopic (exact) mass is 261 g/mol. The van der Waals surface area contributed by atoms with Crippen LogP contribution in [0.25, 0.3) is 17.0 Å². The van der Waals surface area contributed by atoms with Crippen LogP contribution >= 0.6 is 11.6 Å². The van der Waals surface area contributed by atoms with Gasteiger partial charge >= 0.3 is 0 Å². The zero-order chi connectivity index (χ0) is 13.3. The summed E-state index contributed by atoms with van der Waals surface area (Å²) >= 11 is 6.44. The molecule has 0 aliphatic heterocycles. The molecule has 0 radical (unpaired) electrons. The lowest BCUT2D eigenvalue weighted by atomic mass is 10.1. The number of nitrogens with one attached hydrogen (secondary N) is 1. The van der Waals surface area contributed by atoms with Crippen molar-refractivity contribution < 1.29 is 4.58 Å².